The van der Waals surface area contributed by atoms with Crippen molar-refractivity contribution in [1.29, 1.82) is 0 Å². The summed E-state index contributed by atoms with van der Waals surface area (Å²) < 4.78 is 34.8. The summed E-state index contributed by atoms with van der Waals surface area (Å²) in [5, 5.41) is 3.37. The summed E-state index contributed by atoms with van der Waals surface area (Å²) in [6.07, 6.45) is 0.209. The summed E-state index contributed by atoms with van der Waals surface area (Å²) in [6.45, 7) is 1.24. The average molecular weight is 440 g/mol. The summed E-state index contributed by atoms with van der Waals surface area (Å²) in [4.78, 5) is 12.0. The second-order valence-electron chi connectivity index (χ2n) is 7.01. The van der Waals surface area contributed by atoms with Crippen LogP contribution in [-0.4, -0.2) is 28.0 Å². The molecule has 1 unspecified atom stereocenters. The van der Waals surface area contributed by atoms with E-state index in [4.69, 9.17) is 8.92 Å². The minimum Gasteiger partial charge on any atom is -0.469 e. The van der Waals surface area contributed by atoms with Gasteiger partial charge in [0.1, 0.15) is 10.6 Å². The Morgan fingerprint density at radius 2 is 1.52 bits per heavy atom. The van der Waals surface area contributed by atoms with E-state index in [0.29, 0.717) is 13.1 Å². The average Bonchev–Trinajstić information content (AvgIpc) is 2.80. The highest BCUT2D eigenvalue weighted by atomic mass is 32.2. The van der Waals surface area contributed by atoms with Gasteiger partial charge in [-0.25, -0.2) is 0 Å². The van der Waals surface area contributed by atoms with Crippen molar-refractivity contribution in [1.82, 2.24) is 5.32 Å². The molecule has 1 N–H and O–H groups in total. The molecule has 162 valence electrons. The number of hydrogen-bond donors (Lipinski definition) is 1. The van der Waals surface area contributed by atoms with Crippen LogP contribution in [0, 0.1) is 0 Å². The Balaban J connectivity index is 1.68. The molecular weight excluding hydrogens is 414 g/mol. The van der Waals surface area contributed by atoms with E-state index in [2.05, 4.69) is 5.32 Å². The molecule has 0 saturated heterocycles. The Hall–Kier alpha value is -3.16. The van der Waals surface area contributed by atoms with Gasteiger partial charge in [-0.05, 0) is 35.4 Å². The number of ether oxygens (including phenoxy) is 1. The Labute approximate surface area is 183 Å². The van der Waals surface area contributed by atoms with E-state index in [9.17, 15) is 13.2 Å². The molecule has 7 heteroatoms. The van der Waals surface area contributed by atoms with E-state index in [1.807, 2.05) is 30.3 Å². The third-order valence-electron chi connectivity index (χ3n) is 4.79. The topological polar surface area (TPSA) is 81.7 Å². The van der Waals surface area contributed by atoms with Crippen molar-refractivity contribution in [2.75, 3.05) is 13.7 Å². The molecule has 0 aliphatic rings. The van der Waals surface area contributed by atoms with Crippen LogP contribution >= 0.6 is 0 Å². The van der Waals surface area contributed by atoms with Gasteiger partial charge in [-0.2, -0.15) is 8.42 Å². The molecule has 0 saturated carbocycles. The summed E-state index contributed by atoms with van der Waals surface area (Å²) in [5.41, 5.74) is 2.03. The number of carbonyl (C=O) groups excluding carboxylic acids is 1. The predicted molar refractivity (Wildman–Crippen MR) is 118 cm³/mol. The van der Waals surface area contributed by atoms with Gasteiger partial charge in [0, 0.05) is 19.0 Å². The lowest BCUT2D eigenvalue weighted by atomic mass is 9.95. The van der Waals surface area contributed by atoms with Gasteiger partial charge in [0.05, 0.1) is 13.5 Å². The largest absolute Gasteiger partial charge is 0.469 e. The number of methoxy groups -OCH3 is 1. The van der Waals surface area contributed by atoms with E-state index in [0.717, 1.165) is 11.1 Å². The molecule has 3 aromatic carbocycles. The first kappa shape index (κ1) is 22.5. The Kier molecular flexibility index (Phi) is 7.81. The Morgan fingerprint density at radius 3 is 2.13 bits per heavy atom. The van der Waals surface area contributed by atoms with Crippen LogP contribution in [0.2, 0.25) is 0 Å². The molecule has 0 heterocycles. The molecule has 0 amide bonds. The van der Waals surface area contributed by atoms with Gasteiger partial charge in [0.15, 0.2) is 0 Å². The summed E-state index contributed by atoms with van der Waals surface area (Å²) in [6, 6.07) is 24.7. The van der Waals surface area contributed by atoms with Gasteiger partial charge in [-0.1, -0.05) is 60.7 Å². The molecular formula is C24H25NO5S. The molecule has 6 nitrogen and oxygen atoms in total. The molecule has 0 spiro atoms. The van der Waals surface area contributed by atoms with Crippen molar-refractivity contribution in [3.8, 4) is 5.75 Å². The number of carbonyl (C=O) groups is 1. The normalized spacial score (nSPS) is 12.2. The number of nitrogens with one attached hydrogen (secondary N) is 1. The summed E-state index contributed by atoms with van der Waals surface area (Å²) >= 11 is 0. The Bertz CT molecular complexity index is 1070. The van der Waals surface area contributed by atoms with E-state index < -0.39 is 10.1 Å². The zero-order chi connectivity index (χ0) is 22.1. The molecule has 1 atom stereocenters. The fourth-order valence-corrected chi connectivity index (χ4v) is 4.09. The third-order valence-corrected chi connectivity index (χ3v) is 6.05. The number of benzene rings is 3. The van der Waals surface area contributed by atoms with Crippen molar-refractivity contribution in [2.24, 2.45) is 0 Å². The van der Waals surface area contributed by atoms with Gasteiger partial charge in [-0.3, -0.25) is 4.79 Å². The lowest BCUT2D eigenvalue weighted by Crippen LogP contribution is -2.23. The minimum atomic E-state index is -3.90. The van der Waals surface area contributed by atoms with Gasteiger partial charge < -0.3 is 14.2 Å². The van der Waals surface area contributed by atoms with Gasteiger partial charge in [-0.15, -0.1) is 0 Å². The zero-order valence-corrected chi connectivity index (χ0v) is 18.0. The number of rotatable bonds is 10. The molecule has 0 aliphatic carbocycles. The lowest BCUT2D eigenvalue weighted by molar-refractivity contribution is -0.141. The maximum atomic E-state index is 12.4. The highest BCUT2D eigenvalue weighted by molar-refractivity contribution is 7.87. The fourth-order valence-electron chi connectivity index (χ4n) is 3.14. The van der Waals surface area contributed by atoms with Crippen LogP contribution in [0.5, 0.6) is 5.75 Å². The molecule has 0 aromatic heterocycles. The maximum Gasteiger partial charge on any atom is 0.339 e. The second kappa shape index (κ2) is 10.7. The lowest BCUT2D eigenvalue weighted by Gasteiger charge is -2.18. The molecule has 0 bridgehead atoms. The van der Waals surface area contributed by atoms with Crippen LogP contribution in [0.3, 0.4) is 0 Å². The summed E-state index contributed by atoms with van der Waals surface area (Å²) in [7, 11) is -2.54. The van der Waals surface area contributed by atoms with E-state index >= 15 is 0 Å². The van der Waals surface area contributed by atoms with Crippen LogP contribution < -0.4 is 9.50 Å². The quantitative estimate of drug-likeness (QED) is 0.381. The molecule has 0 fully saturated rings. The molecule has 3 aromatic rings. The number of hydrogen-bond acceptors (Lipinski definition) is 6. The molecule has 0 aliphatic heterocycles. The predicted octanol–water partition coefficient (Wildman–Crippen LogP) is 3.89. The monoisotopic (exact) mass is 439 g/mol. The first-order chi connectivity index (χ1) is 15.0. The van der Waals surface area contributed by atoms with E-state index in [1.54, 1.807) is 42.5 Å². The Morgan fingerprint density at radius 1 is 0.903 bits per heavy atom. The third kappa shape index (κ3) is 6.67. The van der Waals surface area contributed by atoms with Crippen molar-refractivity contribution in [2.45, 2.75) is 23.8 Å². The van der Waals surface area contributed by atoms with Crippen molar-refractivity contribution in [3.63, 3.8) is 0 Å². The minimum absolute atomic E-state index is 0.0905. The highest BCUT2D eigenvalue weighted by Crippen LogP contribution is 2.24. The van der Waals surface area contributed by atoms with Crippen molar-refractivity contribution >= 4 is 16.1 Å². The second-order valence-corrected chi connectivity index (χ2v) is 8.56. The van der Waals surface area contributed by atoms with E-state index in [1.165, 1.54) is 19.2 Å². The van der Waals surface area contributed by atoms with Crippen molar-refractivity contribution < 1.29 is 22.1 Å². The van der Waals surface area contributed by atoms with Crippen LogP contribution in [0.1, 0.15) is 23.5 Å². The smallest absolute Gasteiger partial charge is 0.339 e. The maximum absolute atomic E-state index is 12.4. The van der Waals surface area contributed by atoms with Crippen LogP contribution in [0.4, 0.5) is 0 Å². The van der Waals surface area contributed by atoms with Gasteiger partial charge >= 0.3 is 16.1 Å². The standard InChI is InChI=1S/C24H25NO5S/c1-29-24(26)16-21(18-25-17-19-8-4-2-5-9-19)20-12-14-22(15-13-20)30-31(27,28)23-10-6-3-7-11-23/h2-15,21,25H,16-18H2,1H3. The van der Waals surface area contributed by atoms with Crippen LogP contribution in [0.15, 0.2) is 89.8 Å². The van der Waals surface area contributed by atoms with Gasteiger partial charge in [0.2, 0.25) is 0 Å². The summed E-state index contributed by atoms with van der Waals surface area (Å²) in [5.74, 6) is -0.226. The molecule has 0 radical (unpaired) electrons. The van der Waals surface area contributed by atoms with E-state index in [-0.39, 0.29) is 29.0 Å². The number of esters is 1. The van der Waals surface area contributed by atoms with Crippen LogP contribution in [-0.2, 0) is 26.2 Å². The van der Waals surface area contributed by atoms with Gasteiger partial charge in [0.25, 0.3) is 0 Å². The first-order valence-electron chi connectivity index (χ1n) is 9.89. The first-order valence-corrected chi connectivity index (χ1v) is 11.3. The SMILES string of the molecule is COC(=O)CC(CNCc1ccccc1)c1ccc(OS(=O)(=O)c2ccccc2)cc1. The zero-order valence-electron chi connectivity index (χ0n) is 17.2. The van der Waals surface area contributed by atoms with Crippen LogP contribution in [0.25, 0.3) is 0 Å². The molecule has 3 rings (SSSR count). The molecule has 31 heavy (non-hydrogen) atoms. The fraction of sp³-hybridized carbons (Fsp3) is 0.208. The highest BCUT2D eigenvalue weighted by Gasteiger charge is 2.19. The van der Waals surface area contributed by atoms with Crippen molar-refractivity contribution in [3.05, 3.63) is 96.1 Å².